The third kappa shape index (κ3) is 2.87. The number of likely N-dealkylation sites (tertiary alicyclic amines) is 1. The monoisotopic (exact) mass is 314 g/mol. The van der Waals surface area contributed by atoms with Gasteiger partial charge in [0, 0.05) is 38.2 Å². The number of rotatable bonds is 5. The normalized spacial score (nSPS) is 21.1. The summed E-state index contributed by atoms with van der Waals surface area (Å²) in [5.74, 6) is 3.05. The SMILES string of the molecule is CCn1nccc1C(=O)N1CCC(Cc2nc(C3CC3)n[nH]2)C1. The molecular formula is C16H22N6O. The van der Waals surface area contributed by atoms with Crippen LogP contribution in [0.5, 0.6) is 0 Å². The van der Waals surface area contributed by atoms with E-state index in [2.05, 4.69) is 20.3 Å². The highest BCUT2D eigenvalue weighted by atomic mass is 16.2. The highest BCUT2D eigenvalue weighted by Crippen LogP contribution is 2.37. The molecule has 7 heteroatoms. The Labute approximate surface area is 135 Å². The Morgan fingerprint density at radius 1 is 1.39 bits per heavy atom. The van der Waals surface area contributed by atoms with Crippen molar-refractivity contribution in [3.8, 4) is 0 Å². The molecule has 1 aliphatic carbocycles. The number of amides is 1. The summed E-state index contributed by atoms with van der Waals surface area (Å²) in [7, 11) is 0. The van der Waals surface area contributed by atoms with Gasteiger partial charge in [-0.1, -0.05) is 0 Å². The van der Waals surface area contributed by atoms with Crippen molar-refractivity contribution in [1.82, 2.24) is 29.9 Å². The summed E-state index contributed by atoms with van der Waals surface area (Å²) in [5, 5.41) is 11.6. The van der Waals surface area contributed by atoms with E-state index in [1.165, 1.54) is 12.8 Å². The molecule has 0 radical (unpaired) electrons. The number of nitrogens with zero attached hydrogens (tertiary/aromatic N) is 5. The zero-order valence-corrected chi connectivity index (χ0v) is 13.4. The van der Waals surface area contributed by atoms with Crippen molar-refractivity contribution in [2.75, 3.05) is 13.1 Å². The van der Waals surface area contributed by atoms with Crippen molar-refractivity contribution in [1.29, 1.82) is 0 Å². The van der Waals surface area contributed by atoms with Crippen molar-refractivity contribution in [3.63, 3.8) is 0 Å². The second-order valence-electron chi connectivity index (χ2n) is 6.56. The van der Waals surface area contributed by atoms with Crippen LogP contribution in [0.1, 0.15) is 54.2 Å². The number of hydrogen-bond acceptors (Lipinski definition) is 4. The fraction of sp³-hybridized carbons (Fsp3) is 0.625. The van der Waals surface area contributed by atoms with Crippen molar-refractivity contribution in [2.24, 2.45) is 5.92 Å². The second-order valence-corrected chi connectivity index (χ2v) is 6.56. The summed E-state index contributed by atoms with van der Waals surface area (Å²) >= 11 is 0. The van der Waals surface area contributed by atoms with Crippen molar-refractivity contribution < 1.29 is 4.79 Å². The smallest absolute Gasteiger partial charge is 0.272 e. The van der Waals surface area contributed by atoms with Crippen LogP contribution in [0, 0.1) is 5.92 Å². The first-order valence-electron chi connectivity index (χ1n) is 8.47. The van der Waals surface area contributed by atoms with Crippen LogP contribution in [0.4, 0.5) is 0 Å². The Balaban J connectivity index is 1.37. The third-order valence-electron chi connectivity index (χ3n) is 4.78. The first-order valence-corrected chi connectivity index (χ1v) is 8.47. The van der Waals surface area contributed by atoms with Gasteiger partial charge in [-0.25, -0.2) is 4.98 Å². The van der Waals surface area contributed by atoms with Crippen LogP contribution < -0.4 is 0 Å². The van der Waals surface area contributed by atoms with E-state index >= 15 is 0 Å². The molecular weight excluding hydrogens is 292 g/mol. The molecule has 122 valence electrons. The minimum Gasteiger partial charge on any atom is -0.337 e. The first kappa shape index (κ1) is 14.4. The first-order chi connectivity index (χ1) is 11.2. The van der Waals surface area contributed by atoms with Gasteiger partial charge in [0.05, 0.1) is 0 Å². The molecule has 1 atom stereocenters. The molecule has 1 saturated carbocycles. The van der Waals surface area contributed by atoms with Gasteiger partial charge in [-0.3, -0.25) is 14.6 Å². The Bertz CT molecular complexity index is 701. The van der Waals surface area contributed by atoms with Gasteiger partial charge in [0.25, 0.3) is 5.91 Å². The van der Waals surface area contributed by atoms with Gasteiger partial charge in [-0.15, -0.1) is 0 Å². The summed E-state index contributed by atoms with van der Waals surface area (Å²) in [6.07, 6.45) is 6.02. The highest BCUT2D eigenvalue weighted by Gasteiger charge is 2.31. The van der Waals surface area contributed by atoms with Gasteiger partial charge in [0.15, 0.2) is 5.82 Å². The predicted molar refractivity (Wildman–Crippen MR) is 84.0 cm³/mol. The molecule has 2 aromatic rings. The number of hydrogen-bond donors (Lipinski definition) is 1. The van der Waals surface area contributed by atoms with Crippen LogP contribution in [-0.4, -0.2) is 48.9 Å². The topological polar surface area (TPSA) is 79.7 Å². The molecule has 1 amide bonds. The predicted octanol–water partition coefficient (Wildman–Crippen LogP) is 1.60. The molecule has 1 unspecified atom stereocenters. The van der Waals surface area contributed by atoms with E-state index in [9.17, 15) is 4.79 Å². The van der Waals surface area contributed by atoms with Crippen molar-refractivity contribution >= 4 is 5.91 Å². The zero-order valence-electron chi connectivity index (χ0n) is 13.4. The van der Waals surface area contributed by atoms with Crippen LogP contribution in [0.2, 0.25) is 0 Å². The Kier molecular flexibility index (Phi) is 3.63. The van der Waals surface area contributed by atoms with Crippen LogP contribution in [-0.2, 0) is 13.0 Å². The maximum Gasteiger partial charge on any atom is 0.272 e. The lowest BCUT2D eigenvalue weighted by Crippen LogP contribution is -2.30. The molecule has 2 fully saturated rings. The summed E-state index contributed by atoms with van der Waals surface area (Å²) < 4.78 is 1.76. The number of aromatic amines is 1. The minimum absolute atomic E-state index is 0.0862. The molecule has 1 N–H and O–H groups in total. The number of carbonyl (C=O) groups is 1. The van der Waals surface area contributed by atoms with E-state index < -0.39 is 0 Å². The quantitative estimate of drug-likeness (QED) is 0.909. The average molecular weight is 314 g/mol. The molecule has 0 bridgehead atoms. The minimum atomic E-state index is 0.0862. The zero-order chi connectivity index (χ0) is 15.8. The molecule has 0 spiro atoms. The Morgan fingerprint density at radius 3 is 3.04 bits per heavy atom. The molecule has 0 aromatic carbocycles. The molecule has 2 aromatic heterocycles. The Hall–Kier alpha value is -2.18. The summed E-state index contributed by atoms with van der Waals surface area (Å²) in [6.45, 7) is 4.31. The summed E-state index contributed by atoms with van der Waals surface area (Å²) in [6, 6.07) is 1.80. The van der Waals surface area contributed by atoms with Crippen LogP contribution in [0.15, 0.2) is 12.3 Å². The van der Waals surface area contributed by atoms with E-state index in [-0.39, 0.29) is 5.91 Å². The van der Waals surface area contributed by atoms with Gasteiger partial charge in [0.1, 0.15) is 11.5 Å². The van der Waals surface area contributed by atoms with Gasteiger partial charge in [-0.2, -0.15) is 10.2 Å². The maximum absolute atomic E-state index is 12.6. The van der Waals surface area contributed by atoms with E-state index in [0.717, 1.165) is 37.6 Å². The van der Waals surface area contributed by atoms with Gasteiger partial charge in [0.2, 0.25) is 0 Å². The van der Waals surface area contributed by atoms with Crippen LogP contribution in [0.25, 0.3) is 0 Å². The summed E-state index contributed by atoms with van der Waals surface area (Å²) in [5.41, 5.74) is 0.684. The summed E-state index contributed by atoms with van der Waals surface area (Å²) in [4.78, 5) is 19.2. The molecule has 23 heavy (non-hydrogen) atoms. The number of H-pyrrole nitrogens is 1. The average Bonchev–Trinajstić information content (AvgIpc) is 2.99. The fourth-order valence-electron chi connectivity index (χ4n) is 3.31. The molecule has 1 aliphatic heterocycles. The molecule has 2 aliphatic rings. The molecule has 4 rings (SSSR count). The van der Waals surface area contributed by atoms with Crippen LogP contribution >= 0.6 is 0 Å². The largest absolute Gasteiger partial charge is 0.337 e. The van der Waals surface area contributed by atoms with Crippen LogP contribution in [0.3, 0.4) is 0 Å². The third-order valence-corrected chi connectivity index (χ3v) is 4.78. The lowest BCUT2D eigenvalue weighted by molar-refractivity contribution is 0.0774. The maximum atomic E-state index is 12.6. The second kappa shape index (κ2) is 5.79. The van der Waals surface area contributed by atoms with E-state index in [1.54, 1.807) is 16.9 Å². The number of aryl methyl sites for hydroxylation is 1. The number of carbonyl (C=O) groups excluding carboxylic acids is 1. The number of nitrogens with one attached hydrogen (secondary N) is 1. The van der Waals surface area contributed by atoms with Gasteiger partial charge >= 0.3 is 0 Å². The lowest BCUT2D eigenvalue weighted by Gasteiger charge is -2.16. The highest BCUT2D eigenvalue weighted by molar-refractivity contribution is 5.92. The molecule has 3 heterocycles. The molecule has 7 nitrogen and oxygen atoms in total. The standard InChI is InChI=1S/C16H22N6O/c1-2-22-13(5-7-17-22)16(23)21-8-6-11(10-21)9-14-18-15(20-19-14)12-3-4-12/h5,7,11-12H,2-4,6,8-10H2,1H3,(H,18,19,20). The van der Waals surface area contributed by atoms with Gasteiger partial charge < -0.3 is 4.90 Å². The van der Waals surface area contributed by atoms with Crippen molar-refractivity contribution in [3.05, 3.63) is 29.6 Å². The van der Waals surface area contributed by atoms with E-state index in [4.69, 9.17) is 0 Å². The Morgan fingerprint density at radius 2 is 2.26 bits per heavy atom. The number of aromatic nitrogens is 5. The lowest BCUT2D eigenvalue weighted by atomic mass is 10.1. The van der Waals surface area contributed by atoms with Gasteiger partial charge in [-0.05, 0) is 38.2 Å². The fourth-order valence-corrected chi connectivity index (χ4v) is 3.31. The molecule has 1 saturated heterocycles. The van der Waals surface area contributed by atoms with E-state index in [1.807, 2.05) is 11.8 Å². The van der Waals surface area contributed by atoms with Crippen molar-refractivity contribution in [2.45, 2.75) is 45.1 Å². The van der Waals surface area contributed by atoms with E-state index in [0.29, 0.717) is 24.1 Å².